The van der Waals surface area contributed by atoms with E-state index in [2.05, 4.69) is 9.97 Å². The first-order valence-electron chi connectivity index (χ1n) is 8.64. The van der Waals surface area contributed by atoms with E-state index in [0.717, 1.165) is 30.5 Å². The van der Waals surface area contributed by atoms with Crippen molar-refractivity contribution in [3.63, 3.8) is 0 Å². The van der Waals surface area contributed by atoms with E-state index < -0.39 is 5.60 Å². The van der Waals surface area contributed by atoms with Crippen molar-refractivity contribution in [3.8, 4) is 11.3 Å². The number of amides is 1. The SMILES string of the molecule is CC(C)(C)OC(=O)N1CCCC[C@H]1c1ncc(-c2cccc(F)c2)[nH]1. The predicted octanol–water partition coefficient (Wildman–Crippen LogP) is 4.68. The van der Waals surface area contributed by atoms with Crippen molar-refractivity contribution < 1.29 is 13.9 Å². The molecule has 1 saturated heterocycles. The number of ether oxygens (including phenoxy) is 1. The first kappa shape index (κ1) is 17.5. The van der Waals surface area contributed by atoms with E-state index in [1.54, 1.807) is 17.2 Å². The predicted molar refractivity (Wildman–Crippen MR) is 93.5 cm³/mol. The van der Waals surface area contributed by atoms with Gasteiger partial charge in [-0.1, -0.05) is 12.1 Å². The number of hydrogen-bond donors (Lipinski definition) is 1. The van der Waals surface area contributed by atoms with Crippen LogP contribution in [0.3, 0.4) is 0 Å². The molecule has 2 heterocycles. The van der Waals surface area contributed by atoms with Crippen LogP contribution in [0, 0.1) is 5.82 Å². The molecule has 1 aliphatic heterocycles. The molecular formula is C19H24FN3O2. The third-order valence-corrected chi connectivity index (χ3v) is 4.18. The van der Waals surface area contributed by atoms with Crippen LogP contribution in [0.15, 0.2) is 30.5 Å². The lowest BCUT2D eigenvalue weighted by Gasteiger charge is -2.35. The normalized spacial score (nSPS) is 18.2. The van der Waals surface area contributed by atoms with Crippen LogP contribution in [0.1, 0.15) is 51.9 Å². The molecule has 0 bridgehead atoms. The minimum absolute atomic E-state index is 0.147. The summed E-state index contributed by atoms with van der Waals surface area (Å²) in [6.45, 7) is 6.23. The van der Waals surface area contributed by atoms with Crippen molar-refractivity contribution in [1.82, 2.24) is 14.9 Å². The van der Waals surface area contributed by atoms with Gasteiger partial charge in [0, 0.05) is 12.1 Å². The fourth-order valence-electron chi connectivity index (χ4n) is 3.06. The second kappa shape index (κ2) is 6.86. The highest BCUT2D eigenvalue weighted by Gasteiger charge is 2.33. The molecule has 1 aromatic carbocycles. The van der Waals surface area contributed by atoms with E-state index in [4.69, 9.17) is 4.74 Å². The molecule has 1 aromatic heterocycles. The fourth-order valence-corrected chi connectivity index (χ4v) is 3.06. The van der Waals surface area contributed by atoms with Gasteiger partial charge in [0.1, 0.15) is 17.2 Å². The average Bonchev–Trinajstić information content (AvgIpc) is 3.03. The largest absolute Gasteiger partial charge is 0.444 e. The van der Waals surface area contributed by atoms with E-state index in [9.17, 15) is 9.18 Å². The summed E-state index contributed by atoms with van der Waals surface area (Å²) >= 11 is 0. The number of aromatic nitrogens is 2. The Labute approximate surface area is 147 Å². The Morgan fingerprint density at radius 2 is 2.16 bits per heavy atom. The van der Waals surface area contributed by atoms with E-state index in [1.807, 2.05) is 26.8 Å². The number of halogens is 1. The van der Waals surface area contributed by atoms with Crippen molar-refractivity contribution in [2.24, 2.45) is 0 Å². The Hall–Kier alpha value is -2.37. The number of imidazole rings is 1. The van der Waals surface area contributed by atoms with Crippen molar-refractivity contribution >= 4 is 6.09 Å². The molecule has 5 nitrogen and oxygen atoms in total. The first-order chi connectivity index (χ1) is 11.8. The Kier molecular flexibility index (Phi) is 4.79. The summed E-state index contributed by atoms with van der Waals surface area (Å²) in [4.78, 5) is 22.0. The van der Waals surface area contributed by atoms with E-state index in [0.29, 0.717) is 12.4 Å². The maximum absolute atomic E-state index is 13.4. The van der Waals surface area contributed by atoms with Crippen LogP contribution in [0.25, 0.3) is 11.3 Å². The molecule has 25 heavy (non-hydrogen) atoms. The van der Waals surface area contributed by atoms with Crippen LogP contribution in [-0.2, 0) is 4.74 Å². The highest BCUT2D eigenvalue weighted by molar-refractivity contribution is 5.69. The summed E-state index contributed by atoms with van der Waals surface area (Å²) in [6, 6.07) is 6.22. The maximum Gasteiger partial charge on any atom is 0.410 e. The molecule has 0 spiro atoms. The minimum Gasteiger partial charge on any atom is -0.444 e. The summed E-state index contributed by atoms with van der Waals surface area (Å²) in [7, 11) is 0. The average molecular weight is 345 g/mol. The number of carbonyl (C=O) groups is 1. The van der Waals surface area contributed by atoms with Gasteiger partial charge < -0.3 is 9.72 Å². The van der Waals surface area contributed by atoms with E-state index >= 15 is 0 Å². The number of rotatable bonds is 2. The van der Waals surface area contributed by atoms with Gasteiger partial charge in [-0.05, 0) is 52.2 Å². The molecule has 6 heteroatoms. The van der Waals surface area contributed by atoms with Gasteiger partial charge >= 0.3 is 6.09 Å². The highest BCUT2D eigenvalue weighted by Crippen LogP contribution is 2.32. The summed E-state index contributed by atoms with van der Waals surface area (Å²) in [6.07, 6.45) is 4.18. The molecule has 0 aliphatic carbocycles. The number of nitrogens with one attached hydrogen (secondary N) is 1. The lowest BCUT2D eigenvalue weighted by atomic mass is 10.0. The fraction of sp³-hybridized carbons (Fsp3) is 0.474. The number of nitrogens with zero attached hydrogens (tertiary/aromatic N) is 2. The van der Waals surface area contributed by atoms with Crippen LogP contribution in [0.5, 0.6) is 0 Å². The number of benzene rings is 1. The monoisotopic (exact) mass is 345 g/mol. The maximum atomic E-state index is 13.4. The number of piperidine rings is 1. The molecule has 0 radical (unpaired) electrons. The van der Waals surface area contributed by atoms with Gasteiger partial charge in [0.05, 0.1) is 17.9 Å². The minimum atomic E-state index is -0.533. The van der Waals surface area contributed by atoms with Crippen molar-refractivity contribution in [2.75, 3.05) is 6.54 Å². The van der Waals surface area contributed by atoms with E-state index in [-0.39, 0.29) is 18.0 Å². The topological polar surface area (TPSA) is 58.2 Å². The highest BCUT2D eigenvalue weighted by atomic mass is 19.1. The first-order valence-corrected chi connectivity index (χ1v) is 8.64. The second-order valence-corrected chi connectivity index (χ2v) is 7.38. The molecule has 1 atom stereocenters. The molecular weight excluding hydrogens is 321 g/mol. The van der Waals surface area contributed by atoms with Crippen molar-refractivity contribution in [3.05, 3.63) is 42.1 Å². The number of aromatic amines is 1. The van der Waals surface area contributed by atoms with E-state index in [1.165, 1.54) is 12.1 Å². The molecule has 1 amide bonds. The number of hydrogen-bond acceptors (Lipinski definition) is 3. The molecule has 0 unspecified atom stereocenters. The standard InChI is InChI=1S/C19H24FN3O2/c1-19(2,3)25-18(24)23-10-5-4-9-16(23)17-21-12-15(22-17)13-7-6-8-14(20)11-13/h6-8,11-12,16H,4-5,9-10H2,1-3H3,(H,21,22)/t16-/m0/s1. The van der Waals surface area contributed by atoms with Crippen molar-refractivity contribution in [1.29, 1.82) is 0 Å². The third-order valence-electron chi connectivity index (χ3n) is 4.18. The van der Waals surface area contributed by atoms with Crippen LogP contribution >= 0.6 is 0 Å². The third kappa shape index (κ3) is 4.18. The molecule has 1 fully saturated rings. The smallest absolute Gasteiger partial charge is 0.410 e. The second-order valence-electron chi connectivity index (χ2n) is 7.38. The van der Waals surface area contributed by atoms with Gasteiger partial charge in [-0.25, -0.2) is 14.2 Å². The molecule has 134 valence electrons. The lowest BCUT2D eigenvalue weighted by molar-refractivity contribution is 0.00854. The molecule has 1 aliphatic rings. The summed E-state index contributed by atoms with van der Waals surface area (Å²) in [5.74, 6) is 0.423. The number of H-pyrrole nitrogens is 1. The van der Waals surface area contributed by atoms with Crippen LogP contribution in [0.2, 0.25) is 0 Å². The van der Waals surface area contributed by atoms with Gasteiger partial charge in [-0.2, -0.15) is 0 Å². The summed E-state index contributed by atoms with van der Waals surface area (Å²) in [5.41, 5.74) is 0.942. The summed E-state index contributed by atoms with van der Waals surface area (Å²) in [5, 5.41) is 0. The quantitative estimate of drug-likeness (QED) is 0.860. The van der Waals surface area contributed by atoms with Crippen molar-refractivity contribution in [2.45, 2.75) is 51.7 Å². The number of carbonyl (C=O) groups excluding carboxylic acids is 1. The zero-order valence-electron chi connectivity index (χ0n) is 14.9. The molecule has 3 rings (SSSR count). The Balaban J connectivity index is 1.82. The Morgan fingerprint density at radius 3 is 2.88 bits per heavy atom. The lowest BCUT2D eigenvalue weighted by Crippen LogP contribution is -2.42. The van der Waals surface area contributed by atoms with Crippen LogP contribution in [0.4, 0.5) is 9.18 Å². The van der Waals surface area contributed by atoms with Gasteiger partial charge in [-0.15, -0.1) is 0 Å². The van der Waals surface area contributed by atoms with Gasteiger partial charge in [0.25, 0.3) is 0 Å². The van der Waals surface area contributed by atoms with Gasteiger partial charge in [-0.3, -0.25) is 4.90 Å². The number of likely N-dealkylation sites (tertiary alicyclic amines) is 1. The molecule has 2 aromatic rings. The summed E-state index contributed by atoms with van der Waals surface area (Å²) < 4.78 is 19.0. The zero-order chi connectivity index (χ0) is 18.0. The molecule has 1 N–H and O–H groups in total. The Bertz CT molecular complexity index is 751. The van der Waals surface area contributed by atoms with Gasteiger partial charge in [0.15, 0.2) is 0 Å². The Morgan fingerprint density at radius 1 is 1.36 bits per heavy atom. The zero-order valence-corrected chi connectivity index (χ0v) is 14.9. The molecule has 0 saturated carbocycles. The van der Waals surface area contributed by atoms with Crippen LogP contribution < -0.4 is 0 Å². The van der Waals surface area contributed by atoms with Gasteiger partial charge in [0.2, 0.25) is 0 Å². The van der Waals surface area contributed by atoms with Crippen LogP contribution in [-0.4, -0.2) is 33.1 Å².